The number of nitrogens with two attached hydrogens (primary N) is 5. The largest absolute Gasteiger partial charge is 0.377 e. The number of aldehydes is 1. The van der Waals surface area contributed by atoms with Gasteiger partial charge < -0.3 is 68.8 Å². The molecule has 20 heteroatoms. The second-order valence-corrected chi connectivity index (χ2v) is 14.1. The molecule has 2 heterocycles. The number of rotatable bonds is 26. The summed E-state index contributed by atoms with van der Waals surface area (Å²) in [5, 5.41) is 9.60. The molecule has 3 atom stereocenters. The Labute approximate surface area is 352 Å². The molecular formula is C40H68N12O8. The molecule has 0 spiro atoms. The van der Waals surface area contributed by atoms with Gasteiger partial charge in [-0.2, -0.15) is 0 Å². The highest BCUT2D eigenvalue weighted by Gasteiger charge is 2.34. The first-order valence-corrected chi connectivity index (χ1v) is 20.3. The van der Waals surface area contributed by atoms with Gasteiger partial charge in [0, 0.05) is 56.1 Å². The van der Waals surface area contributed by atoms with E-state index in [2.05, 4.69) is 62.1 Å². The zero-order chi connectivity index (χ0) is 44.7. The zero-order valence-electron chi connectivity index (χ0n) is 35.4. The molecule has 1 aliphatic heterocycles. The summed E-state index contributed by atoms with van der Waals surface area (Å²) in [5.74, 6) is -1.94. The van der Waals surface area contributed by atoms with Crippen molar-refractivity contribution in [3.63, 3.8) is 0 Å². The number of para-hydroxylation sites is 1. The molecule has 0 aliphatic carbocycles. The van der Waals surface area contributed by atoms with E-state index < -0.39 is 23.9 Å². The topological polar surface area (TPSA) is 331 Å². The number of hydrogen-bond donors (Lipinski definition) is 9. The van der Waals surface area contributed by atoms with Crippen LogP contribution in [-0.2, 0) is 38.2 Å². The Morgan fingerprint density at radius 2 is 1.65 bits per heavy atom. The SMILES string of the molecule is CCCN=C(N)N.C[C@H](CC=O)C(=O)NCC(=O)N1CCC[C@@H]1C(=O)NCCOCCOCC(=O)CCCN[C@@H](CCCN=C(N)N)C(N)=O.Cc1cc2ccccc2[nH]1. The smallest absolute Gasteiger partial charge is 0.242 e. The number of carbonyl (C=O) groups is 6. The van der Waals surface area contributed by atoms with E-state index in [0.29, 0.717) is 58.0 Å². The van der Waals surface area contributed by atoms with Crippen molar-refractivity contribution in [2.75, 3.05) is 65.7 Å². The fourth-order valence-electron chi connectivity index (χ4n) is 5.74. The number of ether oxygens (including phenoxy) is 2. The summed E-state index contributed by atoms with van der Waals surface area (Å²) in [4.78, 5) is 83.4. The van der Waals surface area contributed by atoms with E-state index in [0.717, 1.165) is 13.0 Å². The van der Waals surface area contributed by atoms with Gasteiger partial charge in [-0.15, -0.1) is 0 Å². The van der Waals surface area contributed by atoms with Gasteiger partial charge in [-0.05, 0) is 69.5 Å². The van der Waals surface area contributed by atoms with Crippen LogP contribution in [0.3, 0.4) is 0 Å². The van der Waals surface area contributed by atoms with E-state index in [9.17, 15) is 28.8 Å². The van der Waals surface area contributed by atoms with Gasteiger partial charge in [0.15, 0.2) is 17.7 Å². The maximum absolute atomic E-state index is 12.6. The summed E-state index contributed by atoms with van der Waals surface area (Å²) in [5.41, 5.74) is 28.4. The molecule has 2 aromatic rings. The Balaban J connectivity index is 0.000000859. The summed E-state index contributed by atoms with van der Waals surface area (Å²) in [6.45, 7) is 8.33. The fourth-order valence-corrected chi connectivity index (χ4v) is 5.74. The molecule has 60 heavy (non-hydrogen) atoms. The van der Waals surface area contributed by atoms with Gasteiger partial charge in [-0.3, -0.25) is 34.0 Å². The van der Waals surface area contributed by atoms with Gasteiger partial charge in [0.1, 0.15) is 18.9 Å². The number of aromatic amines is 1. The first kappa shape index (κ1) is 52.4. The minimum absolute atomic E-state index is 0.00721. The van der Waals surface area contributed by atoms with Crippen molar-refractivity contribution < 1.29 is 38.2 Å². The standard InChI is InChI=1S/C27H48N8O8.C9H9N.C4H11N3/c1-19(8-13-36)25(40)34-17-23(38)35-12-4-7-22(35)26(41)32-11-14-42-15-16-43-18-20(37)5-2-9-31-21(24(28)39)6-3-10-33-27(29)30;1-7-6-8-4-2-3-5-9(8)10-7;1-2-3-7-4(5)6/h13,19,21-22,31H,2-12,14-18H2,1H3,(H2,28,39)(H,32,41)(H,34,40)(H4,29,30,33);2-6,10H,1H3;2-3H2,1H3,(H4,5,6,7)/t19-,21+,22-;;/m1../s1. The second kappa shape index (κ2) is 31.3. The minimum Gasteiger partial charge on any atom is -0.377 e. The van der Waals surface area contributed by atoms with E-state index in [-0.39, 0.29) is 87.8 Å². The highest BCUT2D eigenvalue weighted by Crippen LogP contribution is 2.17. The first-order chi connectivity index (χ1) is 28.7. The highest BCUT2D eigenvalue weighted by atomic mass is 16.5. The van der Waals surface area contributed by atoms with Crippen LogP contribution in [0.2, 0.25) is 0 Å². The van der Waals surface area contributed by atoms with Crippen LogP contribution in [0.15, 0.2) is 40.3 Å². The average molecular weight is 845 g/mol. The third-order valence-corrected chi connectivity index (χ3v) is 8.86. The maximum Gasteiger partial charge on any atom is 0.242 e. The molecule has 3 rings (SSSR count). The summed E-state index contributed by atoms with van der Waals surface area (Å²) < 4.78 is 10.8. The van der Waals surface area contributed by atoms with Crippen molar-refractivity contribution in [3.8, 4) is 0 Å². The number of amides is 4. The number of hydrogen-bond acceptors (Lipinski definition) is 11. The fraction of sp³-hybridized carbons (Fsp3) is 0.600. The number of ketones is 1. The molecule has 1 fully saturated rings. The third kappa shape index (κ3) is 23.7. The number of guanidine groups is 2. The number of aromatic nitrogens is 1. The predicted molar refractivity (Wildman–Crippen MR) is 231 cm³/mol. The van der Waals surface area contributed by atoms with E-state index in [1.165, 1.54) is 21.5 Å². The van der Waals surface area contributed by atoms with E-state index in [4.69, 9.17) is 38.1 Å². The van der Waals surface area contributed by atoms with E-state index >= 15 is 0 Å². The Hall–Kier alpha value is -5.60. The number of nitrogens with one attached hydrogen (secondary N) is 4. The molecule has 336 valence electrons. The van der Waals surface area contributed by atoms with Crippen molar-refractivity contribution >= 4 is 58.5 Å². The Morgan fingerprint density at radius 1 is 0.950 bits per heavy atom. The summed E-state index contributed by atoms with van der Waals surface area (Å²) >= 11 is 0. The lowest BCUT2D eigenvalue weighted by Gasteiger charge is -2.24. The van der Waals surface area contributed by atoms with Crippen molar-refractivity contribution in [3.05, 3.63) is 36.0 Å². The van der Waals surface area contributed by atoms with Gasteiger partial charge in [-0.1, -0.05) is 32.0 Å². The maximum atomic E-state index is 12.6. The van der Waals surface area contributed by atoms with Gasteiger partial charge >= 0.3 is 0 Å². The van der Waals surface area contributed by atoms with Crippen molar-refractivity contribution in [2.24, 2.45) is 44.6 Å². The molecule has 4 amide bonds. The van der Waals surface area contributed by atoms with Crippen LogP contribution in [0.1, 0.15) is 70.9 Å². The number of H-pyrrole nitrogens is 1. The number of Topliss-reactive ketones (excluding diaryl/α,β-unsaturated/α-hetero) is 1. The van der Waals surface area contributed by atoms with E-state index in [1.807, 2.05) is 13.0 Å². The molecule has 1 aromatic carbocycles. The molecule has 1 saturated heterocycles. The van der Waals surface area contributed by atoms with Crippen LogP contribution in [0.4, 0.5) is 0 Å². The number of fused-ring (bicyclic) bond motifs is 1. The molecule has 0 radical (unpaired) electrons. The van der Waals surface area contributed by atoms with Crippen LogP contribution in [0.5, 0.6) is 0 Å². The van der Waals surface area contributed by atoms with Crippen molar-refractivity contribution in [1.29, 1.82) is 0 Å². The lowest BCUT2D eigenvalue weighted by atomic mass is 10.1. The van der Waals surface area contributed by atoms with Gasteiger partial charge in [0.05, 0.1) is 32.4 Å². The van der Waals surface area contributed by atoms with Crippen molar-refractivity contribution in [2.45, 2.75) is 84.2 Å². The van der Waals surface area contributed by atoms with Crippen LogP contribution in [-0.4, -0.2) is 135 Å². The Morgan fingerprint density at radius 3 is 2.30 bits per heavy atom. The first-order valence-electron chi connectivity index (χ1n) is 20.3. The lowest BCUT2D eigenvalue weighted by molar-refractivity contribution is -0.139. The molecule has 1 aliphatic rings. The average Bonchev–Trinajstić information content (AvgIpc) is 3.86. The number of primary amides is 1. The molecule has 1 aromatic heterocycles. The summed E-state index contributed by atoms with van der Waals surface area (Å²) in [6, 6.07) is 9.30. The van der Waals surface area contributed by atoms with Crippen LogP contribution in [0, 0.1) is 12.8 Å². The van der Waals surface area contributed by atoms with Gasteiger partial charge in [0.2, 0.25) is 23.6 Å². The number of carbonyl (C=O) groups excluding carboxylic acids is 6. The molecular weight excluding hydrogens is 777 g/mol. The molecule has 0 unspecified atom stereocenters. The monoisotopic (exact) mass is 845 g/mol. The third-order valence-electron chi connectivity index (χ3n) is 8.86. The van der Waals surface area contributed by atoms with Gasteiger partial charge in [-0.25, -0.2) is 0 Å². The summed E-state index contributed by atoms with van der Waals surface area (Å²) in [7, 11) is 0. The molecule has 20 nitrogen and oxygen atoms in total. The van der Waals surface area contributed by atoms with E-state index in [1.54, 1.807) is 6.92 Å². The Kier molecular flexibility index (Phi) is 27.4. The van der Waals surface area contributed by atoms with Gasteiger partial charge in [0.25, 0.3) is 0 Å². The number of aliphatic imine (C=N–C) groups is 2. The number of nitrogens with zero attached hydrogens (tertiary/aromatic N) is 3. The van der Waals surface area contributed by atoms with Crippen LogP contribution >= 0.6 is 0 Å². The second-order valence-electron chi connectivity index (χ2n) is 14.1. The predicted octanol–water partition coefficient (Wildman–Crippen LogP) is -0.539. The molecule has 0 bridgehead atoms. The lowest BCUT2D eigenvalue weighted by Crippen LogP contribution is -2.49. The van der Waals surface area contributed by atoms with Crippen molar-refractivity contribution in [1.82, 2.24) is 25.8 Å². The quantitative estimate of drug-likeness (QED) is 0.0249. The highest BCUT2D eigenvalue weighted by molar-refractivity contribution is 5.91. The Bertz CT molecular complexity index is 1630. The number of benzene rings is 1. The van der Waals surface area contributed by atoms with Crippen LogP contribution in [0.25, 0.3) is 10.9 Å². The van der Waals surface area contributed by atoms with Crippen LogP contribution < -0.4 is 44.6 Å². The number of aryl methyl sites for hydroxylation is 1. The zero-order valence-corrected chi connectivity index (χ0v) is 35.4. The number of likely N-dealkylation sites (tertiary alicyclic amines) is 1. The molecule has 0 saturated carbocycles. The normalized spacial score (nSPS) is 14.0. The minimum atomic E-state index is -0.612. The molecule has 14 N–H and O–H groups in total. The summed E-state index contributed by atoms with van der Waals surface area (Å²) in [6.07, 6.45) is 4.81.